The van der Waals surface area contributed by atoms with Gasteiger partial charge in [-0.1, -0.05) is 47.8 Å². The summed E-state index contributed by atoms with van der Waals surface area (Å²) in [6.45, 7) is 4.32. The maximum atomic E-state index is 10.5. The van der Waals surface area contributed by atoms with Crippen LogP contribution in [-0.2, 0) is 45.6 Å². The molecule has 26 heavy (non-hydrogen) atoms. The first-order chi connectivity index (χ1) is 12.0. The van der Waals surface area contributed by atoms with E-state index in [-0.39, 0.29) is 44.2 Å². The van der Waals surface area contributed by atoms with Crippen LogP contribution in [0.5, 0.6) is 0 Å². The molecule has 1 heterocycles. The Morgan fingerprint density at radius 2 is 2.04 bits per heavy atom. The van der Waals surface area contributed by atoms with Gasteiger partial charge in [0.05, 0.1) is 6.10 Å². The average Bonchev–Trinajstić information content (AvgIpc) is 3.18. The minimum atomic E-state index is -0.256. The van der Waals surface area contributed by atoms with Gasteiger partial charge in [0, 0.05) is 38.1 Å². The summed E-state index contributed by atoms with van der Waals surface area (Å²) < 4.78 is 0. The summed E-state index contributed by atoms with van der Waals surface area (Å²) in [5.41, 5.74) is 4.08. The van der Waals surface area contributed by atoms with E-state index in [0.29, 0.717) is 11.8 Å². The van der Waals surface area contributed by atoms with Crippen molar-refractivity contribution in [2.24, 2.45) is 11.8 Å². The fraction of sp³-hybridized carbons (Fsp3) is 0.571. The molecule has 2 unspecified atom stereocenters. The molecular formula is C21H27ClNOSY-. The summed E-state index contributed by atoms with van der Waals surface area (Å²) in [7, 11) is 0. The van der Waals surface area contributed by atoms with E-state index in [9.17, 15) is 5.11 Å². The zero-order chi connectivity index (χ0) is 17.8. The maximum absolute atomic E-state index is 10.5. The van der Waals surface area contributed by atoms with Crippen LogP contribution in [0.4, 0.5) is 0 Å². The zero-order valence-corrected chi connectivity index (χ0v) is 20.0. The summed E-state index contributed by atoms with van der Waals surface area (Å²) in [5, 5.41) is 14.8. The third-order valence-corrected chi connectivity index (χ3v) is 6.86. The Morgan fingerprint density at radius 3 is 2.77 bits per heavy atom. The molecule has 5 heteroatoms. The molecule has 1 aromatic carbocycles. The van der Waals surface area contributed by atoms with Crippen molar-refractivity contribution in [2.75, 3.05) is 0 Å². The Labute approximate surface area is 191 Å². The largest absolute Gasteiger partial charge is 0.393 e. The van der Waals surface area contributed by atoms with Gasteiger partial charge in [-0.15, -0.1) is 11.6 Å². The van der Waals surface area contributed by atoms with Crippen LogP contribution in [0.2, 0.25) is 0 Å². The van der Waals surface area contributed by atoms with Crippen LogP contribution in [0.15, 0.2) is 24.4 Å². The molecule has 139 valence electrons. The average molecular weight is 466 g/mol. The molecule has 1 saturated carbocycles. The van der Waals surface area contributed by atoms with Gasteiger partial charge in [-0.25, -0.2) is 0 Å². The smallest absolute Gasteiger partial charge is 0.0585 e. The van der Waals surface area contributed by atoms with Gasteiger partial charge in [-0.05, 0) is 62.5 Å². The van der Waals surface area contributed by atoms with E-state index in [1.54, 1.807) is 17.5 Å². The fourth-order valence-electron chi connectivity index (χ4n) is 4.15. The van der Waals surface area contributed by atoms with Crippen LogP contribution < -0.4 is 0 Å². The molecule has 1 N–H and O–H groups in total. The van der Waals surface area contributed by atoms with Crippen molar-refractivity contribution in [3.05, 3.63) is 51.5 Å². The molecule has 0 spiro atoms. The molecule has 0 aliphatic heterocycles. The number of rotatable bonds is 7. The van der Waals surface area contributed by atoms with Crippen LogP contribution in [0.1, 0.15) is 47.4 Å². The number of benzene rings is 1. The molecule has 3 rings (SSSR count). The number of aryl methyl sites for hydroxylation is 4. The first kappa shape index (κ1) is 22.5. The summed E-state index contributed by atoms with van der Waals surface area (Å²) >= 11 is 8.20. The van der Waals surface area contributed by atoms with Crippen LogP contribution in [0, 0.1) is 31.1 Å². The second kappa shape index (κ2) is 10.7. The Kier molecular flexibility index (Phi) is 9.23. The standard InChI is InChI=1S/C21H27ClNOS.Y/c1-14-6-7-15(2)16(12-14)8-9-17-18(20(24)13-19(17)22)4-3-5-21-23-10-11-25-21;/h6-7,10,12,17-20,24H,3-5,8-9,13H2,1-2H3;/q-1;/t17-,18-,19?,20?;/m1./s1. The maximum Gasteiger partial charge on any atom is 0.0585 e. The van der Waals surface area contributed by atoms with Gasteiger partial charge in [-0.3, -0.25) is 0 Å². The molecule has 1 aromatic heterocycles. The molecule has 0 bridgehead atoms. The Hall–Kier alpha value is 0.204. The van der Waals surface area contributed by atoms with Crippen molar-refractivity contribution in [2.45, 2.75) is 63.9 Å². The number of alkyl halides is 1. The predicted octanol–water partition coefficient (Wildman–Crippen LogP) is 5.12. The van der Waals surface area contributed by atoms with Crippen molar-refractivity contribution in [3.63, 3.8) is 0 Å². The molecule has 1 aliphatic carbocycles. The van der Waals surface area contributed by atoms with E-state index >= 15 is 0 Å². The molecule has 4 atom stereocenters. The number of aliphatic hydroxyl groups is 1. The number of aliphatic hydroxyl groups excluding tert-OH is 1. The first-order valence-corrected chi connectivity index (χ1v) is 10.5. The van der Waals surface area contributed by atoms with E-state index in [2.05, 4.69) is 42.4 Å². The molecule has 0 amide bonds. The second-order valence-corrected chi connectivity index (χ2v) is 8.85. The van der Waals surface area contributed by atoms with Gasteiger partial charge in [0.1, 0.15) is 0 Å². The summed E-state index contributed by atoms with van der Waals surface area (Å²) in [4.78, 5) is 4.30. The summed E-state index contributed by atoms with van der Waals surface area (Å²) in [6, 6.07) is 6.66. The minimum Gasteiger partial charge on any atom is -0.393 e. The van der Waals surface area contributed by atoms with Gasteiger partial charge in [0.2, 0.25) is 0 Å². The number of halogens is 1. The molecule has 1 aliphatic rings. The van der Waals surface area contributed by atoms with Crippen molar-refractivity contribution >= 4 is 22.9 Å². The number of nitrogens with zero attached hydrogens (tertiary/aromatic N) is 1. The van der Waals surface area contributed by atoms with Gasteiger partial charge in [0.15, 0.2) is 0 Å². The quantitative estimate of drug-likeness (QED) is 0.455. The number of hydrogen-bond acceptors (Lipinski definition) is 3. The van der Waals surface area contributed by atoms with Crippen LogP contribution >= 0.6 is 22.9 Å². The molecule has 2 nitrogen and oxygen atoms in total. The predicted molar refractivity (Wildman–Crippen MR) is 105 cm³/mol. The first-order valence-electron chi connectivity index (χ1n) is 9.23. The van der Waals surface area contributed by atoms with E-state index in [1.807, 2.05) is 0 Å². The van der Waals surface area contributed by atoms with Crippen molar-refractivity contribution in [1.82, 2.24) is 4.98 Å². The second-order valence-electron chi connectivity index (χ2n) is 7.38. The number of hydrogen-bond donors (Lipinski definition) is 1. The van der Waals surface area contributed by atoms with Crippen molar-refractivity contribution in [3.8, 4) is 0 Å². The third-order valence-electron chi connectivity index (χ3n) is 5.59. The van der Waals surface area contributed by atoms with E-state index < -0.39 is 0 Å². The molecule has 0 saturated heterocycles. The van der Waals surface area contributed by atoms with Gasteiger partial charge >= 0.3 is 0 Å². The van der Waals surface area contributed by atoms with Gasteiger partial charge in [-0.2, -0.15) is 5.38 Å². The monoisotopic (exact) mass is 465 g/mol. The Morgan fingerprint density at radius 1 is 1.23 bits per heavy atom. The Bertz CT molecular complexity index is 679. The summed E-state index contributed by atoms with van der Waals surface area (Å²) in [6.07, 6.45) is 7.40. The normalized spacial score (nSPS) is 25.2. The zero-order valence-electron chi connectivity index (χ0n) is 15.6. The Balaban J connectivity index is 0.00000243. The molecular weight excluding hydrogens is 439 g/mol. The summed E-state index contributed by atoms with van der Waals surface area (Å²) in [5.74, 6) is 0.719. The minimum absolute atomic E-state index is 0. The fourth-order valence-corrected chi connectivity index (χ4v) is 5.24. The third kappa shape index (κ3) is 5.85. The van der Waals surface area contributed by atoms with Gasteiger partial charge < -0.3 is 21.4 Å². The topological polar surface area (TPSA) is 33.1 Å². The van der Waals surface area contributed by atoms with Gasteiger partial charge in [0.25, 0.3) is 0 Å². The van der Waals surface area contributed by atoms with Crippen LogP contribution in [0.3, 0.4) is 0 Å². The van der Waals surface area contributed by atoms with Crippen molar-refractivity contribution < 1.29 is 37.8 Å². The number of aromatic nitrogens is 1. The van der Waals surface area contributed by atoms with Crippen LogP contribution in [-0.4, -0.2) is 21.6 Å². The molecule has 1 radical (unpaired) electrons. The van der Waals surface area contributed by atoms with Crippen LogP contribution in [0.25, 0.3) is 0 Å². The number of thiazole rings is 1. The van der Waals surface area contributed by atoms with E-state index in [0.717, 1.165) is 43.5 Å². The molecule has 2 aromatic rings. The van der Waals surface area contributed by atoms with E-state index in [4.69, 9.17) is 11.6 Å². The van der Waals surface area contributed by atoms with E-state index in [1.165, 1.54) is 16.7 Å². The molecule has 1 fully saturated rings. The SMILES string of the molecule is Cc1ccc(C)c(CC[C@H]2C(Cl)CC(O)[C@@H]2CCCc2nc[c-]s2)c1.[Y]. The van der Waals surface area contributed by atoms with Crippen molar-refractivity contribution in [1.29, 1.82) is 0 Å².